The zero-order chi connectivity index (χ0) is 9.97. The Kier molecular flexibility index (Phi) is 2.98. The highest BCUT2D eigenvalue weighted by Crippen LogP contribution is 2.26. The highest BCUT2D eigenvalue weighted by Gasteiger charge is 2.28. The van der Waals surface area contributed by atoms with Crippen molar-refractivity contribution in [1.82, 2.24) is 15.1 Å². The normalized spacial score (nSPS) is 18.5. The van der Waals surface area contributed by atoms with Gasteiger partial charge in [-0.05, 0) is 26.8 Å². The molecule has 1 atom stereocenters. The van der Waals surface area contributed by atoms with E-state index in [9.17, 15) is 0 Å². The summed E-state index contributed by atoms with van der Waals surface area (Å²) in [5.74, 6) is 0. The van der Waals surface area contributed by atoms with Gasteiger partial charge in [0.1, 0.15) is 5.51 Å². The minimum absolute atomic E-state index is 0.561. The molecule has 2 rings (SSSR count). The Morgan fingerprint density at radius 3 is 3.07 bits per heavy atom. The van der Waals surface area contributed by atoms with Crippen LogP contribution in [0.3, 0.4) is 0 Å². The topological polar surface area (TPSA) is 41.1 Å². The molecule has 0 spiro atoms. The number of nitrogens with one attached hydrogen (secondary N) is 1. The smallest absolute Gasteiger partial charge is 0.205 e. The third-order valence-electron chi connectivity index (χ3n) is 2.73. The number of nitrogens with zero attached hydrogens (tertiary/aromatic N) is 3. The zero-order valence-electron chi connectivity index (χ0n) is 8.60. The van der Waals surface area contributed by atoms with Crippen molar-refractivity contribution < 1.29 is 0 Å². The molecule has 1 aliphatic carbocycles. The van der Waals surface area contributed by atoms with E-state index in [4.69, 9.17) is 0 Å². The number of aromatic nitrogens is 2. The van der Waals surface area contributed by atoms with Crippen LogP contribution in [-0.2, 0) is 0 Å². The fourth-order valence-electron chi connectivity index (χ4n) is 1.47. The lowest BCUT2D eigenvalue weighted by molar-refractivity contribution is 0.257. The lowest BCUT2D eigenvalue weighted by atomic mass is 10.3. The van der Waals surface area contributed by atoms with E-state index in [-0.39, 0.29) is 0 Å². The summed E-state index contributed by atoms with van der Waals surface area (Å²) >= 11 is 1.55. The second-order valence-corrected chi connectivity index (χ2v) is 4.70. The van der Waals surface area contributed by atoms with Gasteiger partial charge in [-0.3, -0.25) is 4.90 Å². The fourth-order valence-corrected chi connectivity index (χ4v) is 1.93. The van der Waals surface area contributed by atoms with Crippen LogP contribution in [0.5, 0.6) is 0 Å². The van der Waals surface area contributed by atoms with Gasteiger partial charge in [0.2, 0.25) is 5.13 Å². The van der Waals surface area contributed by atoms with Gasteiger partial charge in [-0.25, -0.2) is 0 Å². The zero-order valence-corrected chi connectivity index (χ0v) is 9.42. The number of anilines is 1. The van der Waals surface area contributed by atoms with Crippen LogP contribution in [0.15, 0.2) is 5.51 Å². The summed E-state index contributed by atoms with van der Waals surface area (Å²) in [5.41, 5.74) is 1.75. The maximum atomic E-state index is 3.95. The average Bonchev–Trinajstić information content (AvgIpc) is 2.91. The molecule has 0 saturated heterocycles. The largest absolute Gasteiger partial charge is 0.359 e. The molecule has 14 heavy (non-hydrogen) atoms. The summed E-state index contributed by atoms with van der Waals surface area (Å²) in [4.78, 5) is 2.44. The quantitative estimate of drug-likeness (QED) is 0.801. The van der Waals surface area contributed by atoms with Crippen molar-refractivity contribution in [3.63, 3.8) is 0 Å². The van der Waals surface area contributed by atoms with Crippen LogP contribution in [0.2, 0.25) is 0 Å². The first kappa shape index (κ1) is 9.86. The van der Waals surface area contributed by atoms with E-state index >= 15 is 0 Å². The van der Waals surface area contributed by atoms with Gasteiger partial charge in [0.25, 0.3) is 0 Å². The molecular formula is C9H16N4S. The fraction of sp³-hybridized carbons (Fsp3) is 0.778. The molecule has 0 amide bonds. The van der Waals surface area contributed by atoms with Crippen LogP contribution < -0.4 is 5.32 Å². The number of likely N-dealkylation sites (N-methyl/N-ethyl adjacent to an activating group) is 1. The third kappa shape index (κ3) is 2.42. The Morgan fingerprint density at radius 2 is 2.50 bits per heavy atom. The molecule has 1 aliphatic rings. The van der Waals surface area contributed by atoms with E-state index in [0.29, 0.717) is 6.04 Å². The molecule has 1 aromatic heterocycles. The van der Waals surface area contributed by atoms with Crippen molar-refractivity contribution in [2.75, 3.05) is 18.9 Å². The molecule has 1 fully saturated rings. The van der Waals surface area contributed by atoms with Crippen molar-refractivity contribution in [2.45, 2.75) is 31.8 Å². The monoisotopic (exact) mass is 212 g/mol. The highest BCUT2D eigenvalue weighted by atomic mass is 32.1. The van der Waals surface area contributed by atoms with E-state index < -0.39 is 0 Å². The number of hydrogen-bond acceptors (Lipinski definition) is 5. The van der Waals surface area contributed by atoms with Crippen LogP contribution in [0.4, 0.5) is 5.13 Å². The molecule has 1 saturated carbocycles. The molecule has 1 N–H and O–H groups in total. The molecule has 0 aliphatic heterocycles. The van der Waals surface area contributed by atoms with Crippen molar-refractivity contribution >= 4 is 16.5 Å². The van der Waals surface area contributed by atoms with Crippen LogP contribution >= 0.6 is 11.3 Å². The second-order valence-electron chi connectivity index (χ2n) is 3.87. The third-order valence-corrected chi connectivity index (χ3v) is 3.38. The van der Waals surface area contributed by atoms with Gasteiger partial charge in [0, 0.05) is 18.6 Å². The van der Waals surface area contributed by atoms with E-state index in [2.05, 4.69) is 34.4 Å². The van der Waals surface area contributed by atoms with E-state index in [1.54, 1.807) is 16.8 Å². The van der Waals surface area contributed by atoms with Gasteiger partial charge >= 0.3 is 0 Å². The van der Waals surface area contributed by atoms with E-state index in [1.807, 2.05) is 0 Å². The molecule has 1 heterocycles. The summed E-state index contributed by atoms with van der Waals surface area (Å²) in [7, 11) is 2.20. The Balaban J connectivity index is 1.74. The first-order chi connectivity index (χ1) is 6.77. The predicted octanol–water partition coefficient (Wildman–Crippen LogP) is 1.43. The molecule has 78 valence electrons. The van der Waals surface area contributed by atoms with Gasteiger partial charge in [0.05, 0.1) is 0 Å². The highest BCUT2D eigenvalue weighted by molar-refractivity contribution is 7.13. The minimum Gasteiger partial charge on any atom is -0.359 e. The van der Waals surface area contributed by atoms with Crippen LogP contribution in [-0.4, -0.2) is 40.8 Å². The molecule has 1 aromatic rings. The molecule has 1 unspecified atom stereocenters. The minimum atomic E-state index is 0.561. The van der Waals surface area contributed by atoms with E-state index in [0.717, 1.165) is 17.7 Å². The first-order valence-electron chi connectivity index (χ1n) is 4.99. The molecular weight excluding hydrogens is 196 g/mol. The Labute approximate surface area is 88.3 Å². The molecule has 4 nitrogen and oxygen atoms in total. The summed E-state index contributed by atoms with van der Waals surface area (Å²) in [6.45, 7) is 3.19. The van der Waals surface area contributed by atoms with Gasteiger partial charge < -0.3 is 5.32 Å². The summed E-state index contributed by atoms with van der Waals surface area (Å²) in [5, 5.41) is 11.9. The number of rotatable bonds is 5. The lowest BCUT2D eigenvalue weighted by Gasteiger charge is -2.24. The summed E-state index contributed by atoms with van der Waals surface area (Å²) in [6, 6.07) is 1.38. The van der Waals surface area contributed by atoms with Crippen LogP contribution in [0.1, 0.15) is 19.8 Å². The van der Waals surface area contributed by atoms with Crippen molar-refractivity contribution in [1.29, 1.82) is 0 Å². The summed E-state index contributed by atoms with van der Waals surface area (Å²) in [6.07, 6.45) is 2.72. The SMILES string of the molecule is CC(CNc1nncs1)N(C)C1CC1. The average molecular weight is 212 g/mol. The standard InChI is InChI=1S/C9H16N4S/c1-7(13(2)8-3-4-8)5-10-9-12-11-6-14-9/h6-8H,3-5H2,1-2H3,(H,10,12). The van der Waals surface area contributed by atoms with Gasteiger partial charge in [0.15, 0.2) is 0 Å². The Hall–Kier alpha value is -0.680. The molecule has 5 heteroatoms. The van der Waals surface area contributed by atoms with Gasteiger partial charge in [-0.1, -0.05) is 11.3 Å². The number of hydrogen-bond donors (Lipinski definition) is 1. The van der Waals surface area contributed by atoms with Gasteiger partial charge in [-0.2, -0.15) is 0 Å². The summed E-state index contributed by atoms with van der Waals surface area (Å²) < 4.78 is 0. The molecule has 0 bridgehead atoms. The Bertz CT molecular complexity index is 270. The molecule has 0 aromatic carbocycles. The Morgan fingerprint density at radius 1 is 1.71 bits per heavy atom. The maximum absolute atomic E-state index is 3.95. The van der Waals surface area contributed by atoms with Crippen LogP contribution in [0.25, 0.3) is 0 Å². The maximum Gasteiger partial charge on any atom is 0.205 e. The predicted molar refractivity (Wildman–Crippen MR) is 58.6 cm³/mol. The second kappa shape index (κ2) is 4.23. The van der Waals surface area contributed by atoms with E-state index in [1.165, 1.54) is 12.8 Å². The van der Waals surface area contributed by atoms with Crippen molar-refractivity contribution in [2.24, 2.45) is 0 Å². The van der Waals surface area contributed by atoms with Crippen molar-refractivity contribution in [3.8, 4) is 0 Å². The first-order valence-corrected chi connectivity index (χ1v) is 5.87. The van der Waals surface area contributed by atoms with Crippen molar-refractivity contribution in [3.05, 3.63) is 5.51 Å². The lowest BCUT2D eigenvalue weighted by Crippen LogP contribution is -2.36. The van der Waals surface area contributed by atoms with Crippen LogP contribution in [0, 0.1) is 0 Å². The molecule has 0 radical (unpaired) electrons. The van der Waals surface area contributed by atoms with Gasteiger partial charge in [-0.15, -0.1) is 10.2 Å².